The molecule has 3 rings (SSSR count). The van der Waals surface area contributed by atoms with Gasteiger partial charge in [0.1, 0.15) is 11.4 Å². The summed E-state index contributed by atoms with van der Waals surface area (Å²) in [5.41, 5.74) is 1.00. The van der Waals surface area contributed by atoms with Crippen LogP contribution < -0.4 is 15.4 Å². The highest BCUT2D eigenvalue weighted by molar-refractivity contribution is 5.95. The van der Waals surface area contributed by atoms with Crippen LogP contribution >= 0.6 is 0 Å². The third kappa shape index (κ3) is 5.65. The number of anilines is 1. The Bertz CT molecular complexity index is 855. The van der Waals surface area contributed by atoms with Crippen molar-refractivity contribution in [3.05, 3.63) is 24.4 Å². The van der Waals surface area contributed by atoms with Crippen molar-refractivity contribution >= 4 is 22.7 Å². The molecule has 0 spiro atoms. The first kappa shape index (κ1) is 21.0. The number of nitrogens with zero attached hydrogens (tertiary/aromatic N) is 1. The first-order chi connectivity index (χ1) is 13.7. The van der Waals surface area contributed by atoms with E-state index in [2.05, 4.69) is 15.6 Å². The maximum atomic E-state index is 11.9. The van der Waals surface area contributed by atoms with Crippen LogP contribution in [0.15, 0.2) is 24.4 Å². The fourth-order valence-electron chi connectivity index (χ4n) is 3.71. The number of carbonyl (C=O) groups excluding carboxylic acids is 1. The highest BCUT2D eigenvalue weighted by Gasteiger charge is 2.25. The van der Waals surface area contributed by atoms with Crippen LogP contribution in [0.3, 0.4) is 0 Å². The lowest BCUT2D eigenvalue weighted by Gasteiger charge is -2.30. The number of carbonyl (C=O) groups is 1. The van der Waals surface area contributed by atoms with Crippen LogP contribution in [0, 0.1) is 5.92 Å². The summed E-state index contributed by atoms with van der Waals surface area (Å²) in [6, 6.07) is 5.77. The molecule has 0 bridgehead atoms. The van der Waals surface area contributed by atoms with Crippen molar-refractivity contribution in [2.45, 2.75) is 58.1 Å². The molecule has 1 amide bonds. The predicted molar refractivity (Wildman–Crippen MR) is 114 cm³/mol. The van der Waals surface area contributed by atoms with E-state index in [9.17, 15) is 9.90 Å². The minimum absolute atomic E-state index is 0.131. The van der Waals surface area contributed by atoms with E-state index in [0.29, 0.717) is 11.6 Å². The quantitative estimate of drug-likeness (QED) is 0.686. The molecule has 7 nitrogen and oxygen atoms in total. The minimum atomic E-state index is -0.483. The number of fused-ring (bicyclic) bond motifs is 1. The number of hydrogen-bond acceptors (Lipinski definition) is 6. The molecule has 2 aromatic rings. The van der Waals surface area contributed by atoms with E-state index in [1.807, 2.05) is 39.0 Å². The van der Waals surface area contributed by atoms with Crippen molar-refractivity contribution in [2.24, 2.45) is 5.92 Å². The van der Waals surface area contributed by atoms with E-state index in [1.54, 1.807) is 7.11 Å². The number of pyridine rings is 1. The molecule has 1 aliphatic carbocycles. The first-order valence-corrected chi connectivity index (χ1v) is 10.1. The van der Waals surface area contributed by atoms with Gasteiger partial charge in [-0.1, -0.05) is 0 Å². The van der Waals surface area contributed by atoms with E-state index >= 15 is 0 Å². The van der Waals surface area contributed by atoms with Gasteiger partial charge in [0, 0.05) is 18.0 Å². The molecule has 29 heavy (non-hydrogen) atoms. The topological polar surface area (TPSA) is 92.7 Å². The van der Waals surface area contributed by atoms with Gasteiger partial charge < -0.3 is 25.2 Å². The van der Waals surface area contributed by atoms with Gasteiger partial charge in [0.15, 0.2) is 5.75 Å². The third-order valence-corrected chi connectivity index (χ3v) is 5.19. The SMILES string of the molecule is COc1ccc2ncc(O)c(NCC3CCC(NC(=O)OC(C)(C)C)CC3)c2c1. The highest BCUT2D eigenvalue weighted by Crippen LogP contribution is 2.34. The minimum Gasteiger partial charge on any atom is -0.504 e. The number of aromatic nitrogens is 1. The summed E-state index contributed by atoms with van der Waals surface area (Å²) in [4.78, 5) is 16.2. The fourth-order valence-corrected chi connectivity index (χ4v) is 3.71. The van der Waals surface area contributed by atoms with Crippen LogP contribution in [-0.2, 0) is 4.74 Å². The molecule has 0 atom stereocenters. The number of alkyl carbamates (subject to hydrolysis) is 1. The molecular formula is C22H31N3O4. The van der Waals surface area contributed by atoms with Crippen molar-refractivity contribution in [1.82, 2.24) is 10.3 Å². The lowest BCUT2D eigenvalue weighted by molar-refractivity contribution is 0.0488. The molecule has 0 radical (unpaired) electrons. The first-order valence-electron chi connectivity index (χ1n) is 10.1. The summed E-state index contributed by atoms with van der Waals surface area (Å²) < 4.78 is 10.6. The van der Waals surface area contributed by atoms with Crippen molar-refractivity contribution in [2.75, 3.05) is 19.0 Å². The molecule has 0 unspecified atom stereocenters. The van der Waals surface area contributed by atoms with E-state index in [1.165, 1.54) is 6.20 Å². The number of ether oxygens (including phenoxy) is 2. The predicted octanol–water partition coefficient (Wildman–Crippen LogP) is 4.44. The average molecular weight is 402 g/mol. The Labute approximate surface area is 171 Å². The second kappa shape index (κ2) is 8.76. The number of amides is 1. The summed E-state index contributed by atoms with van der Waals surface area (Å²) in [5, 5.41) is 17.5. The van der Waals surface area contributed by atoms with Crippen LogP contribution in [0.2, 0.25) is 0 Å². The lowest BCUT2D eigenvalue weighted by Crippen LogP contribution is -2.41. The van der Waals surface area contributed by atoms with Crippen LogP contribution in [-0.4, -0.2) is 41.5 Å². The van der Waals surface area contributed by atoms with Gasteiger partial charge in [-0.15, -0.1) is 0 Å². The third-order valence-electron chi connectivity index (χ3n) is 5.19. The number of rotatable bonds is 5. The van der Waals surface area contributed by atoms with Gasteiger partial charge in [0.05, 0.1) is 24.5 Å². The lowest BCUT2D eigenvalue weighted by atomic mass is 9.86. The number of aromatic hydroxyl groups is 1. The fraction of sp³-hybridized carbons (Fsp3) is 0.545. The Morgan fingerprint density at radius 2 is 1.97 bits per heavy atom. The normalized spacial score (nSPS) is 19.6. The summed E-state index contributed by atoms with van der Waals surface area (Å²) in [6.07, 6.45) is 4.96. The van der Waals surface area contributed by atoms with E-state index < -0.39 is 5.60 Å². The van der Waals surface area contributed by atoms with Gasteiger partial charge in [0.25, 0.3) is 0 Å². The monoisotopic (exact) mass is 401 g/mol. The molecule has 0 aliphatic heterocycles. The molecular weight excluding hydrogens is 370 g/mol. The Hall–Kier alpha value is -2.70. The van der Waals surface area contributed by atoms with Crippen molar-refractivity contribution in [1.29, 1.82) is 0 Å². The number of nitrogens with one attached hydrogen (secondary N) is 2. The Balaban J connectivity index is 1.56. The molecule has 0 saturated heterocycles. The van der Waals surface area contributed by atoms with Gasteiger partial charge in [-0.25, -0.2) is 4.79 Å². The van der Waals surface area contributed by atoms with E-state index in [4.69, 9.17) is 9.47 Å². The molecule has 3 N–H and O–H groups in total. The van der Waals surface area contributed by atoms with E-state index in [-0.39, 0.29) is 17.9 Å². The molecule has 7 heteroatoms. The van der Waals surface area contributed by atoms with Crippen LogP contribution in [0.5, 0.6) is 11.5 Å². The Morgan fingerprint density at radius 3 is 2.62 bits per heavy atom. The second-order valence-electron chi connectivity index (χ2n) is 8.65. The van der Waals surface area contributed by atoms with Gasteiger partial charge in [-0.3, -0.25) is 4.98 Å². The number of hydrogen-bond donors (Lipinski definition) is 3. The van der Waals surface area contributed by atoms with Gasteiger partial charge in [-0.2, -0.15) is 0 Å². The molecule has 1 heterocycles. The zero-order chi connectivity index (χ0) is 21.0. The zero-order valence-electron chi connectivity index (χ0n) is 17.6. The largest absolute Gasteiger partial charge is 0.504 e. The maximum absolute atomic E-state index is 11.9. The zero-order valence-corrected chi connectivity index (χ0v) is 17.6. The molecule has 158 valence electrons. The summed E-state index contributed by atoms with van der Waals surface area (Å²) in [7, 11) is 1.62. The van der Waals surface area contributed by atoms with Crippen molar-refractivity contribution in [3.63, 3.8) is 0 Å². The Kier molecular flexibility index (Phi) is 6.35. The van der Waals surface area contributed by atoms with Crippen molar-refractivity contribution < 1.29 is 19.4 Å². The molecule has 1 aliphatic rings. The smallest absolute Gasteiger partial charge is 0.407 e. The summed E-state index contributed by atoms with van der Waals surface area (Å²) in [5.74, 6) is 1.33. The molecule has 1 fully saturated rings. The Morgan fingerprint density at radius 1 is 1.24 bits per heavy atom. The second-order valence-corrected chi connectivity index (χ2v) is 8.65. The standard InChI is InChI=1S/C22H31N3O4/c1-22(2,3)29-21(27)25-15-7-5-14(6-8-15)12-24-20-17-11-16(28-4)9-10-18(17)23-13-19(20)26/h9-11,13-15,26H,5-8,12H2,1-4H3,(H,23,24)(H,25,27). The number of methoxy groups -OCH3 is 1. The van der Waals surface area contributed by atoms with Crippen LogP contribution in [0.4, 0.5) is 10.5 Å². The molecule has 1 saturated carbocycles. The van der Waals surface area contributed by atoms with Crippen LogP contribution in [0.1, 0.15) is 46.5 Å². The van der Waals surface area contributed by atoms with Gasteiger partial charge in [0.2, 0.25) is 0 Å². The van der Waals surface area contributed by atoms with Gasteiger partial charge >= 0.3 is 6.09 Å². The van der Waals surface area contributed by atoms with Gasteiger partial charge in [-0.05, 0) is 70.6 Å². The average Bonchev–Trinajstić information content (AvgIpc) is 2.66. The summed E-state index contributed by atoms with van der Waals surface area (Å²) in [6.45, 7) is 6.35. The van der Waals surface area contributed by atoms with E-state index in [0.717, 1.165) is 48.9 Å². The highest BCUT2D eigenvalue weighted by atomic mass is 16.6. The van der Waals surface area contributed by atoms with Crippen LogP contribution in [0.25, 0.3) is 10.9 Å². The van der Waals surface area contributed by atoms with Crippen molar-refractivity contribution in [3.8, 4) is 11.5 Å². The molecule has 1 aromatic carbocycles. The molecule has 1 aromatic heterocycles. The summed E-state index contributed by atoms with van der Waals surface area (Å²) >= 11 is 0. The maximum Gasteiger partial charge on any atom is 0.407 e. The number of benzene rings is 1.